The molecule has 0 fully saturated rings. The lowest BCUT2D eigenvalue weighted by atomic mass is 10.0. The van der Waals surface area contributed by atoms with E-state index in [-0.39, 0.29) is 10.8 Å². The predicted octanol–water partition coefficient (Wildman–Crippen LogP) is 3.08. The van der Waals surface area contributed by atoms with Crippen LogP contribution in [0.4, 0.5) is 5.82 Å². The maximum absolute atomic E-state index is 13.0. The molecule has 2 heterocycles. The molecule has 0 radical (unpaired) electrons. The van der Waals surface area contributed by atoms with E-state index in [2.05, 4.69) is 10.3 Å². The molecule has 1 amide bonds. The molecule has 7 heteroatoms. The Kier molecular flexibility index (Phi) is 4.93. The van der Waals surface area contributed by atoms with E-state index in [1.807, 2.05) is 24.3 Å². The summed E-state index contributed by atoms with van der Waals surface area (Å²) < 4.78 is 27.5. The summed E-state index contributed by atoms with van der Waals surface area (Å²) in [6, 6.07) is 19.1. The Balaban J connectivity index is 1.51. The van der Waals surface area contributed by atoms with Crippen molar-refractivity contribution in [3.63, 3.8) is 0 Å². The molecule has 3 aromatic rings. The van der Waals surface area contributed by atoms with Gasteiger partial charge < -0.3 is 5.32 Å². The highest BCUT2D eigenvalue weighted by atomic mass is 32.2. The Morgan fingerprint density at radius 3 is 2.36 bits per heavy atom. The fourth-order valence-corrected chi connectivity index (χ4v) is 4.65. The molecule has 0 bridgehead atoms. The van der Waals surface area contributed by atoms with E-state index in [4.69, 9.17) is 0 Å². The van der Waals surface area contributed by atoms with Crippen molar-refractivity contribution >= 4 is 21.7 Å². The molecule has 6 nitrogen and oxygen atoms in total. The maximum atomic E-state index is 13.0. The average molecular weight is 393 g/mol. The van der Waals surface area contributed by atoms with Gasteiger partial charge in [-0.2, -0.15) is 4.31 Å². The third-order valence-corrected chi connectivity index (χ3v) is 6.62. The molecule has 2 aromatic carbocycles. The number of nitrogens with one attached hydrogen (secondary N) is 1. The van der Waals surface area contributed by atoms with E-state index in [0.717, 1.165) is 5.56 Å². The van der Waals surface area contributed by atoms with Crippen molar-refractivity contribution in [3.8, 4) is 0 Å². The van der Waals surface area contributed by atoms with Crippen molar-refractivity contribution in [1.82, 2.24) is 9.29 Å². The molecular formula is C21H19N3O3S. The second kappa shape index (κ2) is 7.53. The molecule has 0 saturated heterocycles. The van der Waals surface area contributed by atoms with Gasteiger partial charge in [-0.05, 0) is 53.9 Å². The molecule has 0 spiro atoms. The number of benzene rings is 2. The van der Waals surface area contributed by atoms with Crippen LogP contribution in [0.3, 0.4) is 0 Å². The van der Waals surface area contributed by atoms with Gasteiger partial charge in [-0.3, -0.25) is 4.79 Å². The minimum Gasteiger partial charge on any atom is -0.307 e. The summed E-state index contributed by atoms with van der Waals surface area (Å²) in [5, 5.41) is 2.68. The van der Waals surface area contributed by atoms with Gasteiger partial charge in [0.25, 0.3) is 5.91 Å². The van der Waals surface area contributed by atoms with Gasteiger partial charge in [0.15, 0.2) is 0 Å². The second-order valence-corrected chi connectivity index (χ2v) is 8.49. The highest BCUT2D eigenvalue weighted by Crippen LogP contribution is 2.25. The Hall–Kier alpha value is -3.03. The van der Waals surface area contributed by atoms with Crippen molar-refractivity contribution in [1.29, 1.82) is 0 Å². The Bertz CT molecular complexity index is 1100. The number of hydrogen-bond donors (Lipinski definition) is 1. The van der Waals surface area contributed by atoms with E-state index in [0.29, 0.717) is 30.9 Å². The summed E-state index contributed by atoms with van der Waals surface area (Å²) in [6.07, 6.45) is 2.28. The molecule has 1 N–H and O–H groups in total. The Morgan fingerprint density at radius 2 is 1.64 bits per heavy atom. The molecule has 142 valence electrons. The number of carbonyl (C=O) groups excluding carboxylic acids is 1. The van der Waals surface area contributed by atoms with Crippen molar-refractivity contribution in [2.75, 3.05) is 11.9 Å². The van der Waals surface area contributed by atoms with Crippen LogP contribution in [0, 0.1) is 0 Å². The lowest BCUT2D eigenvalue weighted by Crippen LogP contribution is -2.35. The van der Waals surface area contributed by atoms with Crippen LogP contribution in [0.25, 0.3) is 0 Å². The standard InChI is InChI=1S/C21H19N3O3S/c25-21(23-20-7-3-4-13-22-20)17-8-10-19(11-9-17)28(26,27)24-14-12-16-5-1-2-6-18(16)15-24/h1-11,13H,12,14-15H2,(H,22,23,25). The molecule has 4 rings (SSSR count). The number of amides is 1. The largest absolute Gasteiger partial charge is 0.307 e. The number of carbonyl (C=O) groups is 1. The topological polar surface area (TPSA) is 79.4 Å². The SMILES string of the molecule is O=C(Nc1ccccn1)c1ccc(S(=O)(=O)N2CCc3ccccc3C2)cc1. The first kappa shape index (κ1) is 18.3. The summed E-state index contributed by atoms with van der Waals surface area (Å²) in [6.45, 7) is 0.807. The van der Waals surface area contributed by atoms with Crippen LogP contribution in [0.2, 0.25) is 0 Å². The van der Waals surface area contributed by atoms with E-state index < -0.39 is 10.0 Å². The number of pyridine rings is 1. The zero-order chi connectivity index (χ0) is 19.6. The molecule has 0 aliphatic carbocycles. The van der Waals surface area contributed by atoms with Crippen molar-refractivity contribution in [3.05, 3.63) is 89.6 Å². The van der Waals surface area contributed by atoms with Gasteiger partial charge in [0.05, 0.1) is 4.90 Å². The predicted molar refractivity (Wildman–Crippen MR) is 106 cm³/mol. The van der Waals surface area contributed by atoms with E-state index in [9.17, 15) is 13.2 Å². The zero-order valence-electron chi connectivity index (χ0n) is 15.1. The monoisotopic (exact) mass is 393 g/mol. The van der Waals surface area contributed by atoms with Gasteiger partial charge >= 0.3 is 0 Å². The van der Waals surface area contributed by atoms with Crippen LogP contribution >= 0.6 is 0 Å². The summed E-state index contributed by atoms with van der Waals surface area (Å²) in [5.41, 5.74) is 2.59. The van der Waals surface area contributed by atoms with Gasteiger partial charge in [-0.15, -0.1) is 0 Å². The van der Waals surface area contributed by atoms with Crippen LogP contribution in [0.5, 0.6) is 0 Å². The molecule has 0 unspecified atom stereocenters. The Labute approximate surface area is 163 Å². The summed E-state index contributed by atoms with van der Waals surface area (Å²) in [4.78, 5) is 16.5. The molecule has 0 atom stereocenters. The first-order valence-electron chi connectivity index (χ1n) is 8.93. The lowest BCUT2D eigenvalue weighted by Gasteiger charge is -2.28. The maximum Gasteiger partial charge on any atom is 0.256 e. The third kappa shape index (κ3) is 3.67. The average Bonchev–Trinajstić information content (AvgIpc) is 2.74. The molecule has 1 aliphatic rings. The number of aromatic nitrogens is 1. The highest BCUT2D eigenvalue weighted by Gasteiger charge is 2.28. The third-order valence-electron chi connectivity index (χ3n) is 4.76. The van der Waals surface area contributed by atoms with Crippen molar-refractivity contribution in [2.45, 2.75) is 17.9 Å². The van der Waals surface area contributed by atoms with Gasteiger partial charge in [0.1, 0.15) is 5.82 Å². The van der Waals surface area contributed by atoms with Crippen molar-refractivity contribution in [2.24, 2.45) is 0 Å². The summed E-state index contributed by atoms with van der Waals surface area (Å²) in [7, 11) is -3.62. The smallest absolute Gasteiger partial charge is 0.256 e. The van der Waals surface area contributed by atoms with Crippen LogP contribution in [0.15, 0.2) is 77.8 Å². The first-order valence-corrected chi connectivity index (χ1v) is 10.4. The van der Waals surface area contributed by atoms with Gasteiger partial charge in [0.2, 0.25) is 10.0 Å². The summed E-state index contributed by atoms with van der Waals surface area (Å²) in [5.74, 6) is 0.103. The fourth-order valence-electron chi connectivity index (χ4n) is 3.23. The van der Waals surface area contributed by atoms with Crippen LogP contribution in [-0.2, 0) is 23.0 Å². The van der Waals surface area contributed by atoms with Gasteiger partial charge in [-0.25, -0.2) is 13.4 Å². The number of fused-ring (bicyclic) bond motifs is 1. The first-order chi connectivity index (χ1) is 13.5. The number of sulfonamides is 1. The lowest BCUT2D eigenvalue weighted by molar-refractivity contribution is 0.102. The van der Waals surface area contributed by atoms with E-state index >= 15 is 0 Å². The van der Waals surface area contributed by atoms with E-state index in [1.54, 1.807) is 24.4 Å². The number of rotatable bonds is 4. The minimum absolute atomic E-state index is 0.182. The normalized spacial score (nSPS) is 14.3. The molecule has 1 aliphatic heterocycles. The van der Waals surface area contributed by atoms with Crippen LogP contribution in [0.1, 0.15) is 21.5 Å². The van der Waals surface area contributed by atoms with Crippen LogP contribution < -0.4 is 5.32 Å². The van der Waals surface area contributed by atoms with Crippen LogP contribution in [-0.4, -0.2) is 30.2 Å². The quantitative estimate of drug-likeness (QED) is 0.739. The van der Waals surface area contributed by atoms with E-state index in [1.165, 1.54) is 34.1 Å². The highest BCUT2D eigenvalue weighted by molar-refractivity contribution is 7.89. The molecule has 1 aromatic heterocycles. The summed E-state index contributed by atoms with van der Waals surface area (Å²) >= 11 is 0. The number of hydrogen-bond acceptors (Lipinski definition) is 4. The molecular weight excluding hydrogens is 374 g/mol. The Morgan fingerprint density at radius 1 is 0.929 bits per heavy atom. The van der Waals surface area contributed by atoms with Crippen molar-refractivity contribution < 1.29 is 13.2 Å². The second-order valence-electron chi connectivity index (χ2n) is 6.55. The zero-order valence-corrected chi connectivity index (χ0v) is 15.9. The number of nitrogens with zero attached hydrogens (tertiary/aromatic N) is 2. The fraction of sp³-hybridized carbons (Fsp3) is 0.143. The van der Waals surface area contributed by atoms with Gasteiger partial charge in [0, 0.05) is 24.8 Å². The number of anilines is 1. The molecule has 28 heavy (non-hydrogen) atoms. The minimum atomic E-state index is -3.62. The van der Waals surface area contributed by atoms with Gasteiger partial charge in [-0.1, -0.05) is 30.3 Å². The molecule has 0 saturated carbocycles.